The number of ether oxygens (including phenoxy) is 1. The molecule has 1 atom stereocenters. The van der Waals surface area contributed by atoms with Gasteiger partial charge in [0.05, 0.1) is 29.6 Å². The zero-order valence-corrected chi connectivity index (χ0v) is 15.8. The summed E-state index contributed by atoms with van der Waals surface area (Å²) in [7, 11) is 1.56. The summed E-state index contributed by atoms with van der Waals surface area (Å²) in [5, 5.41) is 3.50. The number of methoxy groups -OCH3 is 1. The van der Waals surface area contributed by atoms with Gasteiger partial charge in [-0.05, 0) is 37.8 Å². The van der Waals surface area contributed by atoms with Crippen molar-refractivity contribution in [3.8, 4) is 5.88 Å². The number of carbonyl (C=O) groups excluding carboxylic acids is 1. The molecule has 1 unspecified atom stereocenters. The van der Waals surface area contributed by atoms with E-state index in [0.717, 1.165) is 31.5 Å². The minimum atomic E-state index is 0.00335. The van der Waals surface area contributed by atoms with Gasteiger partial charge in [0.25, 0.3) is 5.91 Å². The maximum Gasteiger partial charge on any atom is 0.255 e. The zero-order valence-electron chi connectivity index (χ0n) is 15.0. The van der Waals surface area contributed by atoms with Crippen LogP contribution in [0.25, 0.3) is 0 Å². The first-order valence-corrected chi connectivity index (χ1v) is 9.23. The van der Waals surface area contributed by atoms with Gasteiger partial charge in [-0.25, -0.2) is 9.97 Å². The van der Waals surface area contributed by atoms with E-state index in [1.165, 1.54) is 6.42 Å². The van der Waals surface area contributed by atoms with Gasteiger partial charge in [-0.3, -0.25) is 4.79 Å². The molecule has 6 nitrogen and oxygen atoms in total. The molecule has 1 fully saturated rings. The summed E-state index contributed by atoms with van der Waals surface area (Å²) in [6.07, 6.45) is 7.47. The van der Waals surface area contributed by atoms with E-state index in [1.807, 2.05) is 11.0 Å². The van der Waals surface area contributed by atoms with E-state index in [9.17, 15) is 4.79 Å². The summed E-state index contributed by atoms with van der Waals surface area (Å²) in [6.45, 7) is 2.92. The Hall–Kier alpha value is -2.34. The Balaban J connectivity index is 1.74. The Morgan fingerprint density at radius 3 is 2.85 bits per heavy atom. The average molecular weight is 375 g/mol. The maximum absolute atomic E-state index is 12.8. The van der Waals surface area contributed by atoms with E-state index in [-0.39, 0.29) is 5.91 Å². The number of halogens is 1. The molecule has 0 radical (unpaired) electrons. The molecule has 0 saturated carbocycles. The van der Waals surface area contributed by atoms with Crippen molar-refractivity contribution in [3.05, 3.63) is 41.2 Å². The van der Waals surface area contributed by atoms with E-state index in [0.29, 0.717) is 28.3 Å². The van der Waals surface area contributed by atoms with Crippen LogP contribution in [-0.4, -0.2) is 40.5 Å². The molecular weight excluding hydrogens is 352 g/mol. The molecule has 0 spiro atoms. The molecule has 2 aromatic rings. The van der Waals surface area contributed by atoms with Crippen LogP contribution in [-0.2, 0) is 0 Å². The minimum Gasteiger partial charge on any atom is -0.481 e. The second-order valence-electron chi connectivity index (χ2n) is 6.33. The number of nitrogens with one attached hydrogen (secondary N) is 1. The summed E-state index contributed by atoms with van der Waals surface area (Å²) in [4.78, 5) is 23.3. The molecule has 138 valence electrons. The number of nitrogens with zero attached hydrogens (tertiary/aromatic N) is 3. The van der Waals surface area contributed by atoms with Crippen molar-refractivity contribution in [3.63, 3.8) is 0 Å². The van der Waals surface area contributed by atoms with Crippen molar-refractivity contribution < 1.29 is 9.53 Å². The van der Waals surface area contributed by atoms with Crippen molar-refractivity contribution >= 4 is 29.0 Å². The fraction of sp³-hybridized carbons (Fsp3) is 0.421. The van der Waals surface area contributed by atoms with Gasteiger partial charge in [-0.2, -0.15) is 0 Å². The van der Waals surface area contributed by atoms with E-state index >= 15 is 0 Å². The molecule has 1 N–H and O–H groups in total. The molecule has 0 aliphatic carbocycles. The summed E-state index contributed by atoms with van der Waals surface area (Å²) in [6, 6.07) is 5.55. The monoisotopic (exact) mass is 374 g/mol. The lowest BCUT2D eigenvalue weighted by molar-refractivity contribution is 0.0607. The molecule has 0 aromatic carbocycles. The third-order valence-electron chi connectivity index (χ3n) is 4.66. The van der Waals surface area contributed by atoms with Crippen molar-refractivity contribution in [2.24, 2.45) is 0 Å². The van der Waals surface area contributed by atoms with Crippen LogP contribution in [0.15, 0.2) is 30.6 Å². The number of hydrogen-bond donors (Lipinski definition) is 1. The van der Waals surface area contributed by atoms with Crippen LogP contribution in [0.4, 0.5) is 11.5 Å². The molecule has 2 aromatic heterocycles. The predicted molar refractivity (Wildman–Crippen MR) is 102 cm³/mol. The normalized spacial score (nSPS) is 17.0. The lowest BCUT2D eigenvalue weighted by Crippen LogP contribution is -2.43. The van der Waals surface area contributed by atoms with E-state index in [1.54, 1.807) is 31.6 Å². The van der Waals surface area contributed by atoms with E-state index < -0.39 is 0 Å². The fourth-order valence-electron chi connectivity index (χ4n) is 3.22. The van der Waals surface area contributed by atoms with Crippen molar-refractivity contribution in [2.45, 2.75) is 38.6 Å². The number of carbonyl (C=O) groups is 1. The molecule has 1 amide bonds. The van der Waals surface area contributed by atoms with E-state index in [4.69, 9.17) is 16.3 Å². The summed E-state index contributed by atoms with van der Waals surface area (Å²) >= 11 is 6.35. The number of anilines is 2. The number of aromatic nitrogens is 2. The Bertz CT molecular complexity index is 767. The Labute approximate surface area is 158 Å². The first-order chi connectivity index (χ1) is 12.6. The molecule has 3 rings (SSSR count). The molecular formula is C19H23ClN4O2. The number of piperidine rings is 1. The highest BCUT2D eigenvalue weighted by atomic mass is 35.5. The molecule has 7 heteroatoms. The van der Waals surface area contributed by atoms with Crippen LogP contribution < -0.4 is 10.1 Å². The standard InChI is InChI=1S/C19H23ClN4O2/c1-3-15-6-4-5-9-24(15)19(25)13-10-16(20)18(22-11-13)23-14-7-8-17(26-2)21-12-14/h7-8,10-12,15H,3-6,9H2,1-2H3,(H,22,23). The first-order valence-electron chi connectivity index (χ1n) is 8.86. The average Bonchev–Trinajstić information content (AvgIpc) is 2.69. The number of amides is 1. The predicted octanol–water partition coefficient (Wildman–Crippen LogP) is 4.29. The topological polar surface area (TPSA) is 67.4 Å². The highest BCUT2D eigenvalue weighted by molar-refractivity contribution is 6.33. The first kappa shape index (κ1) is 18.5. The molecule has 1 aliphatic heterocycles. The summed E-state index contributed by atoms with van der Waals surface area (Å²) in [5.74, 6) is 1.02. The minimum absolute atomic E-state index is 0.00335. The SMILES string of the molecule is CCC1CCCCN1C(=O)c1cnc(Nc2ccc(OC)nc2)c(Cl)c1. The fourth-order valence-corrected chi connectivity index (χ4v) is 3.43. The van der Waals surface area contributed by atoms with Gasteiger partial charge in [0.1, 0.15) is 5.82 Å². The van der Waals surface area contributed by atoms with Crippen molar-refractivity contribution in [1.82, 2.24) is 14.9 Å². The van der Waals surface area contributed by atoms with Gasteiger partial charge >= 0.3 is 0 Å². The summed E-state index contributed by atoms with van der Waals surface area (Å²) in [5.41, 5.74) is 1.26. The quantitative estimate of drug-likeness (QED) is 0.845. The van der Waals surface area contributed by atoms with E-state index in [2.05, 4.69) is 22.2 Å². The van der Waals surface area contributed by atoms with Gasteiger partial charge in [0.15, 0.2) is 0 Å². The lowest BCUT2D eigenvalue weighted by atomic mass is 9.99. The molecule has 3 heterocycles. The van der Waals surface area contributed by atoms with Crippen LogP contribution in [0.5, 0.6) is 5.88 Å². The van der Waals surface area contributed by atoms with Gasteiger partial charge in [0, 0.05) is 24.8 Å². The smallest absolute Gasteiger partial charge is 0.255 e. The number of hydrogen-bond acceptors (Lipinski definition) is 5. The van der Waals surface area contributed by atoms with Gasteiger partial charge < -0.3 is 15.0 Å². The second-order valence-corrected chi connectivity index (χ2v) is 6.73. The highest BCUT2D eigenvalue weighted by Gasteiger charge is 2.26. The molecule has 1 aliphatic rings. The zero-order chi connectivity index (χ0) is 18.5. The summed E-state index contributed by atoms with van der Waals surface area (Å²) < 4.78 is 5.04. The van der Waals surface area contributed by atoms with Gasteiger partial charge in [-0.1, -0.05) is 18.5 Å². The molecule has 0 bridgehead atoms. The Kier molecular flexibility index (Phi) is 5.93. The third kappa shape index (κ3) is 4.07. The number of rotatable bonds is 5. The van der Waals surface area contributed by atoms with Crippen LogP contribution in [0.2, 0.25) is 5.02 Å². The Morgan fingerprint density at radius 1 is 1.35 bits per heavy atom. The van der Waals surface area contributed by atoms with Gasteiger partial charge in [0.2, 0.25) is 5.88 Å². The van der Waals surface area contributed by atoms with Crippen LogP contribution in [0.1, 0.15) is 43.0 Å². The number of likely N-dealkylation sites (tertiary alicyclic amines) is 1. The second kappa shape index (κ2) is 8.36. The van der Waals surface area contributed by atoms with Gasteiger partial charge in [-0.15, -0.1) is 0 Å². The number of pyridine rings is 2. The molecule has 1 saturated heterocycles. The Morgan fingerprint density at radius 2 is 2.19 bits per heavy atom. The highest BCUT2D eigenvalue weighted by Crippen LogP contribution is 2.27. The maximum atomic E-state index is 12.8. The van der Waals surface area contributed by atoms with Crippen molar-refractivity contribution in [1.29, 1.82) is 0 Å². The molecule has 26 heavy (non-hydrogen) atoms. The van der Waals surface area contributed by atoms with Crippen LogP contribution in [0, 0.1) is 0 Å². The third-order valence-corrected chi connectivity index (χ3v) is 4.94. The van der Waals surface area contributed by atoms with Crippen LogP contribution in [0.3, 0.4) is 0 Å². The van der Waals surface area contributed by atoms with Crippen molar-refractivity contribution in [2.75, 3.05) is 19.0 Å². The lowest BCUT2D eigenvalue weighted by Gasteiger charge is -2.35. The largest absolute Gasteiger partial charge is 0.481 e. The van der Waals surface area contributed by atoms with Crippen LogP contribution >= 0.6 is 11.6 Å².